The standard InChI is InChI=1S/C12H20O2S/c1-12(5-2-6-14-12)11(13)9-10-3-7-15-8-4-10/h10H,2-9H2,1H3. The SMILES string of the molecule is CC1(C(=O)CC2CCSCC2)CCCO1. The van der Waals surface area contributed by atoms with Gasteiger partial charge in [-0.15, -0.1) is 0 Å². The van der Waals surface area contributed by atoms with Crippen LogP contribution in [0, 0.1) is 5.92 Å². The molecule has 0 saturated carbocycles. The molecule has 0 aliphatic carbocycles. The summed E-state index contributed by atoms with van der Waals surface area (Å²) in [5.41, 5.74) is -0.440. The maximum atomic E-state index is 12.1. The van der Waals surface area contributed by atoms with Gasteiger partial charge in [0.05, 0.1) is 0 Å². The van der Waals surface area contributed by atoms with E-state index in [-0.39, 0.29) is 0 Å². The molecule has 2 nitrogen and oxygen atoms in total. The second-order valence-corrected chi connectivity index (χ2v) is 6.09. The monoisotopic (exact) mass is 228 g/mol. The molecule has 3 heteroatoms. The molecule has 0 aromatic carbocycles. The molecule has 2 aliphatic heterocycles. The van der Waals surface area contributed by atoms with Crippen molar-refractivity contribution in [3.05, 3.63) is 0 Å². The highest BCUT2D eigenvalue weighted by Crippen LogP contribution is 2.32. The van der Waals surface area contributed by atoms with Crippen molar-refractivity contribution in [3.63, 3.8) is 0 Å². The third-order valence-electron chi connectivity index (χ3n) is 3.62. The summed E-state index contributed by atoms with van der Waals surface area (Å²) in [4.78, 5) is 12.1. The van der Waals surface area contributed by atoms with Crippen LogP contribution in [0.3, 0.4) is 0 Å². The van der Waals surface area contributed by atoms with E-state index >= 15 is 0 Å². The first-order chi connectivity index (χ1) is 7.21. The van der Waals surface area contributed by atoms with Crippen LogP contribution in [0.2, 0.25) is 0 Å². The highest BCUT2D eigenvalue weighted by molar-refractivity contribution is 7.99. The molecule has 0 aromatic rings. The van der Waals surface area contributed by atoms with Crippen LogP contribution in [-0.2, 0) is 9.53 Å². The molecule has 0 radical (unpaired) electrons. The zero-order chi connectivity index (χ0) is 10.7. The Labute approximate surface area is 96.1 Å². The number of rotatable bonds is 3. The summed E-state index contributed by atoms with van der Waals surface area (Å²) in [6, 6.07) is 0. The van der Waals surface area contributed by atoms with Crippen molar-refractivity contribution in [3.8, 4) is 0 Å². The lowest BCUT2D eigenvalue weighted by atomic mass is 9.87. The van der Waals surface area contributed by atoms with Crippen LogP contribution in [0.4, 0.5) is 0 Å². The zero-order valence-corrected chi connectivity index (χ0v) is 10.3. The van der Waals surface area contributed by atoms with Crippen molar-refractivity contribution >= 4 is 17.5 Å². The normalized spacial score (nSPS) is 33.1. The number of thioether (sulfide) groups is 1. The van der Waals surface area contributed by atoms with Gasteiger partial charge in [-0.25, -0.2) is 0 Å². The molecule has 1 unspecified atom stereocenters. The summed E-state index contributed by atoms with van der Waals surface area (Å²) in [5, 5.41) is 0. The maximum absolute atomic E-state index is 12.1. The van der Waals surface area contributed by atoms with Gasteiger partial charge in [0.15, 0.2) is 5.78 Å². The molecule has 0 aromatic heterocycles. The second-order valence-electron chi connectivity index (χ2n) is 4.87. The zero-order valence-electron chi connectivity index (χ0n) is 9.46. The van der Waals surface area contributed by atoms with E-state index < -0.39 is 5.60 Å². The quantitative estimate of drug-likeness (QED) is 0.743. The predicted octanol–water partition coefficient (Wildman–Crippen LogP) is 2.66. The molecule has 1 atom stereocenters. The molecule has 2 aliphatic rings. The van der Waals surface area contributed by atoms with E-state index in [4.69, 9.17) is 4.74 Å². The molecule has 0 bridgehead atoms. The van der Waals surface area contributed by atoms with E-state index in [2.05, 4.69) is 0 Å². The third-order valence-corrected chi connectivity index (χ3v) is 4.67. The van der Waals surface area contributed by atoms with Gasteiger partial charge in [-0.05, 0) is 50.0 Å². The lowest BCUT2D eigenvalue weighted by Crippen LogP contribution is -2.36. The van der Waals surface area contributed by atoms with E-state index in [9.17, 15) is 4.79 Å². The molecular weight excluding hydrogens is 208 g/mol. The van der Waals surface area contributed by atoms with Gasteiger partial charge in [-0.2, -0.15) is 11.8 Å². The van der Waals surface area contributed by atoms with Gasteiger partial charge in [0.25, 0.3) is 0 Å². The molecule has 2 rings (SSSR count). The van der Waals surface area contributed by atoms with Crippen LogP contribution in [0.5, 0.6) is 0 Å². The fraction of sp³-hybridized carbons (Fsp3) is 0.917. The Balaban J connectivity index is 1.85. The Kier molecular flexibility index (Phi) is 3.73. The van der Waals surface area contributed by atoms with Crippen LogP contribution in [-0.4, -0.2) is 29.5 Å². The van der Waals surface area contributed by atoms with Crippen molar-refractivity contribution in [2.75, 3.05) is 18.1 Å². The Hall–Kier alpha value is -0.0200. The fourth-order valence-corrected chi connectivity index (χ4v) is 3.63. The number of hydrogen-bond donors (Lipinski definition) is 0. The van der Waals surface area contributed by atoms with Gasteiger partial charge < -0.3 is 4.74 Å². The number of hydrogen-bond acceptors (Lipinski definition) is 3. The molecule has 2 fully saturated rings. The first kappa shape index (κ1) is 11.5. The Morgan fingerprint density at radius 1 is 1.47 bits per heavy atom. The van der Waals surface area contributed by atoms with Gasteiger partial charge in [-0.1, -0.05) is 0 Å². The summed E-state index contributed by atoms with van der Waals surface area (Å²) in [7, 11) is 0. The molecule has 0 spiro atoms. The highest BCUT2D eigenvalue weighted by atomic mass is 32.2. The van der Waals surface area contributed by atoms with E-state index in [1.807, 2.05) is 18.7 Å². The second kappa shape index (κ2) is 4.88. The molecule has 2 heterocycles. The predicted molar refractivity (Wildman–Crippen MR) is 63.3 cm³/mol. The van der Waals surface area contributed by atoms with Crippen LogP contribution in [0.25, 0.3) is 0 Å². The molecule has 0 N–H and O–H groups in total. The highest BCUT2D eigenvalue weighted by Gasteiger charge is 2.38. The Morgan fingerprint density at radius 3 is 2.80 bits per heavy atom. The average molecular weight is 228 g/mol. The minimum absolute atomic E-state index is 0.344. The number of carbonyl (C=O) groups excluding carboxylic acids is 1. The minimum atomic E-state index is -0.440. The van der Waals surface area contributed by atoms with E-state index in [0.29, 0.717) is 11.7 Å². The molecule has 86 valence electrons. The molecule has 2 saturated heterocycles. The van der Waals surface area contributed by atoms with Crippen LogP contribution >= 0.6 is 11.8 Å². The summed E-state index contributed by atoms with van der Waals surface area (Å²) < 4.78 is 5.59. The van der Waals surface area contributed by atoms with Crippen molar-refractivity contribution in [2.24, 2.45) is 5.92 Å². The number of ketones is 1. The molecule has 15 heavy (non-hydrogen) atoms. The van der Waals surface area contributed by atoms with Crippen molar-refractivity contribution < 1.29 is 9.53 Å². The number of carbonyl (C=O) groups is 1. The van der Waals surface area contributed by atoms with E-state index in [1.54, 1.807) is 0 Å². The molecule has 0 amide bonds. The topological polar surface area (TPSA) is 26.3 Å². The average Bonchev–Trinajstić information content (AvgIpc) is 2.68. The van der Waals surface area contributed by atoms with Crippen LogP contribution < -0.4 is 0 Å². The summed E-state index contributed by atoms with van der Waals surface area (Å²) in [6.07, 6.45) is 5.14. The summed E-state index contributed by atoms with van der Waals surface area (Å²) >= 11 is 2.01. The minimum Gasteiger partial charge on any atom is -0.368 e. The van der Waals surface area contributed by atoms with Crippen molar-refractivity contribution in [2.45, 2.75) is 44.6 Å². The lowest BCUT2D eigenvalue weighted by Gasteiger charge is -2.26. The summed E-state index contributed by atoms with van der Waals surface area (Å²) in [5.74, 6) is 3.43. The largest absolute Gasteiger partial charge is 0.368 e. The first-order valence-electron chi connectivity index (χ1n) is 5.96. The maximum Gasteiger partial charge on any atom is 0.164 e. The van der Waals surface area contributed by atoms with Gasteiger partial charge in [0, 0.05) is 13.0 Å². The molecular formula is C12H20O2S. The van der Waals surface area contributed by atoms with Crippen molar-refractivity contribution in [1.29, 1.82) is 0 Å². The third kappa shape index (κ3) is 2.76. The first-order valence-corrected chi connectivity index (χ1v) is 7.11. The van der Waals surface area contributed by atoms with E-state index in [1.165, 1.54) is 24.3 Å². The van der Waals surface area contributed by atoms with Crippen LogP contribution in [0.1, 0.15) is 39.0 Å². The fourth-order valence-electron chi connectivity index (χ4n) is 2.43. The van der Waals surface area contributed by atoms with Gasteiger partial charge in [0.1, 0.15) is 5.60 Å². The Bertz CT molecular complexity index is 228. The van der Waals surface area contributed by atoms with Gasteiger partial charge in [0.2, 0.25) is 0 Å². The van der Waals surface area contributed by atoms with Crippen molar-refractivity contribution in [1.82, 2.24) is 0 Å². The lowest BCUT2D eigenvalue weighted by molar-refractivity contribution is -0.138. The van der Waals surface area contributed by atoms with Crippen LogP contribution in [0.15, 0.2) is 0 Å². The summed E-state index contributed by atoms with van der Waals surface area (Å²) in [6.45, 7) is 2.74. The van der Waals surface area contributed by atoms with Gasteiger partial charge in [-0.3, -0.25) is 4.79 Å². The van der Waals surface area contributed by atoms with Gasteiger partial charge >= 0.3 is 0 Å². The van der Waals surface area contributed by atoms with E-state index in [0.717, 1.165) is 25.9 Å². The smallest absolute Gasteiger partial charge is 0.164 e. The number of Topliss-reactive ketones (excluding diaryl/α,β-unsaturated/α-hetero) is 1. The Morgan fingerprint density at radius 2 is 2.20 bits per heavy atom. The number of ether oxygens (including phenoxy) is 1.